The molecule has 0 aliphatic carbocycles. The van der Waals surface area contributed by atoms with Crippen LogP contribution in [0.1, 0.15) is 29.2 Å². The average Bonchev–Trinajstić information content (AvgIpc) is 2.75. The second-order valence-electron chi connectivity index (χ2n) is 8.24. The molecule has 31 heavy (non-hydrogen) atoms. The number of aliphatic hydroxyl groups is 3. The summed E-state index contributed by atoms with van der Waals surface area (Å²) in [7, 11) is 0. The third-order valence-electron chi connectivity index (χ3n) is 5.73. The van der Waals surface area contributed by atoms with Gasteiger partial charge in [0.15, 0.2) is 5.67 Å². The third kappa shape index (κ3) is 5.19. The predicted molar refractivity (Wildman–Crippen MR) is 112 cm³/mol. The van der Waals surface area contributed by atoms with Crippen LogP contribution in [0.3, 0.4) is 0 Å². The van der Waals surface area contributed by atoms with E-state index in [1.54, 1.807) is 18.2 Å². The summed E-state index contributed by atoms with van der Waals surface area (Å²) in [6, 6.07) is 12.9. The number of ether oxygens (including phenoxy) is 3. The van der Waals surface area contributed by atoms with Gasteiger partial charge in [0.25, 0.3) is 0 Å². The highest BCUT2D eigenvalue weighted by Crippen LogP contribution is 2.34. The third-order valence-corrected chi connectivity index (χ3v) is 6.10. The van der Waals surface area contributed by atoms with Gasteiger partial charge in [0.2, 0.25) is 0 Å². The van der Waals surface area contributed by atoms with Crippen molar-refractivity contribution >= 4 is 11.6 Å². The van der Waals surface area contributed by atoms with Crippen molar-refractivity contribution in [3.05, 3.63) is 64.2 Å². The topological polar surface area (TPSA) is 88.4 Å². The number of alkyl halides is 1. The van der Waals surface area contributed by atoms with E-state index < -0.39 is 30.1 Å². The van der Waals surface area contributed by atoms with Crippen LogP contribution >= 0.6 is 11.6 Å². The second kappa shape index (κ2) is 9.40. The SMILES string of the molecule is OCC1OC(c2ccc(Cl)c(Cc3ccc(OCC4(F)COC4)cc3)c2)CC(O)C1O. The molecule has 2 aliphatic heterocycles. The molecular weight excluding hydrogens is 427 g/mol. The minimum Gasteiger partial charge on any atom is -0.490 e. The van der Waals surface area contributed by atoms with E-state index in [2.05, 4.69) is 0 Å². The van der Waals surface area contributed by atoms with Crippen LogP contribution in [-0.4, -0.2) is 65.7 Å². The molecule has 4 rings (SSSR count). The molecule has 0 aromatic heterocycles. The first kappa shape index (κ1) is 22.5. The Morgan fingerprint density at radius 2 is 1.87 bits per heavy atom. The quantitative estimate of drug-likeness (QED) is 0.598. The Kier molecular flexibility index (Phi) is 6.81. The lowest BCUT2D eigenvalue weighted by atomic mass is 9.92. The highest BCUT2D eigenvalue weighted by molar-refractivity contribution is 6.31. The zero-order valence-corrected chi connectivity index (χ0v) is 17.7. The van der Waals surface area contributed by atoms with Crippen molar-refractivity contribution in [2.75, 3.05) is 26.4 Å². The van der Waals surface area contributed by atoms with Gasteiger partial charge in [0, 0.05) is 11.4 Å². The molecule has 0 amide bonds. The Hall–Kier alpha value is -1.74. The van der Waals surface area contributed by atoms with Gasteiger partial charge in [-0.05, 0) is 41.3 Å². The van der Waals surface area contributed by atoms with Crippen molar-refractivity contribution < 1.29 is 33.9 Å². The summed E-state index contributed by atoms with van der Waals surface area (Å²) in [6.07, 6.45) is -2.59. The Balaban J connectivity index is 1.42. The fourth-order valence-electron chi connectivity index (χ4n) is 3.79. The Labute approximate surface area is 185 Å². The van der Waals surface area contributed by atoms with Crippen molar-refractivity contribution in [2.24, 2.45) is 0 Å². The summed E-state index contributed by atoms with van der Waals surface area (Å²) in [6.45, 7) is -0.267. The molecule has 8 heteroatoms. The molecule has 2 aliphatic rings. The highest BCUT2D eigenvalue weighted by Gasteiger charge is 2.40. The van der Waals surface area contributed by atoms with Gasteiger partial charge in [0.05, 0.1) is 32.0 Å². The lowest BCUT2D eigenvalue weighted by Gasteiger charge is -2.36. The van der Waals surface area contributed by atoms with Crippen LogP contribution < -0.4 is 4.74 Å². The molecule has 6 nitrogen and oxygen atoms in total. The highest BCUT2D eigenvalue weighted by atomic mass is 35.5. The molecule has 2 saturated heterocycles. The van der Waals surface area contributed by atoms with Crippen molar-refractivity contribution in [3.63, 3.8) is 0 Å². The Bertz CT molecular complexity index is 888. The maximum Gasteiger partial charge on any atom is 0.190 e. The van der Waals surface area contributed by atoms with Crippen LogP contribution in [0.25, 0.3) is 0 Å². The summed E-state index contributed by atoms with van der Waals surface area (Å²) in [5.41, 5.74) is 1.31. The van der Waals surface area contributed by atoms with E-state index in [4.69, 9.17) is 25.8 Å². The first-order valence-corrected chi connectivity index (χ1v) is 10.6. The molecule has 2 fully saturated rings. The summed E-state index contributed by atoms with van der Waals surface area (Å²) in [4.78, 5) is 0. The van der Waals surface area contributed by atoms with Gasteiger partial charge in [0.1, 0.15) is 24.6 Å². The molecule has 2 aromatic rings. The monoisotopic (exact) mass is 452 g/mol. The van der Waals surface area contributed by atoms with Crippen molar-refractivity contribution in [3.8, 4) is 5.75 Å². The van der Waals surface area contributed by atoms with E-state index in [1.165, 1.54) is 0 Å². The van der Waals surface area contributed by atoms with Crippen LogP contribution in [0.15, 0.2) is 42.5 Å². The first-order chi connectivity index (χ1) is 14.9. The Morgan fingerprint density at radius 1 is 1.13 bits per heavy atom. The fraction of sp³-hybridized carbons (Fsp3) is 0.478. The number of hydrogen-bond acceptors (Lipinski definition) is 6. The summed E-state index contributed by atoms with van der Waals surface area (Å²) in [5.74, 6) is 0.589. The van der Waals surface area contributed by atoms with Crippen LogP contribution in [0.2, 0.25) is 5.02 Å². The van der Waals surface area contributed by atoms with Crippen molar-refractivity contribution in [1.29, 1.82) is 0 Å². The molecule has 4 unspecified atom stereocenters. The lowest BCUT2D eigenvalue weighted by molar-refractivity contribution is -0.181. The predicted octanol–water partition coefficient (Wildman–Crippen LogP) is 2.59. The van der Waals surface area contributed by atoms with Crippen molar-refractivity contribution in [1.82, 2.24) is 0 Å². The molecule has 2 aromatic carbocycles. The summed E-state index contributed by atoms with van der Waals surface area (Å²) in [5, 5.41) is 30.0. The smallest absolute Gasteiger partial charge is 0.190 e. The van der Waals surface area contributed by atoms with Gasteiger partial charge in [-0.3, -0.25) is 0 Å². The van der Waals surface area contributed by atoms with Crippen LogP contribution in [0, 0.1) is 0 Å². The van der Waals surface area contributed by atoms with E-state index in [9.17, 15) is 19.7 Å². The van der Waals surface area contributed by atoms with Crippen LogP contribution in [-0.2, 0) is 15.9 Å². The molecule has 0 radical (unpaired) electrons. The van der Waals surface area contributed by atoms with E-state index in [0.29, 0.717) is 17.2 Å². The number of benzene rings is 2. The minimum absolute atomic E-state index is 0.0308. The van der Waals surface area contributed by atoms with E-state index in [-0.39, 0.29) is 32.8 Å². The average molecular weight is 453 g/mol. The van der Waals surface area contributed by atoms with E-state index in [0.717, 1.165) is 16.7 Å². The van der Waals surface area contributed by atoms with Crippen molar-refractivity contribution in [2.45, 2.75) is 42.9 Å². The van der Waals surface area contributed by atoms with Gasteiger partial charge in [-0.25, -0.2) is 4.39 Å². The van der Waals surface area contributed by atoms with E-state index in [1.807, 2.05) is 24.3 Å². The molecule has 2 heterocycles. The maximum absolute atomic E-state index is 14.0. The standard InChI is InChI=1S/C23H26ClFO6/c24-18-6-3-15(20-9-19(27)22(28)21(10-26)31-20)8-16(18)7-14-1-4-17(5-2-14)30-13-23(25)11-29-12-23/h1-6,8,19-22,26-28H,7,9-13H2. The normalized spacial score (nSPS) is 27.5. The fourth-order valence-corrected chi connectivity index (χ4v) is 3.98. The van der Waals surface area contributed by atoms with Gasteiger partial charge in [-0.15, -0.1) is 0 Å². The molecule has 0 bridgehead atoms. The molecule has 168 valence electrons. The largest absolute Gasteiger partial charge is 0.490 e. The molecule has 0 saturated carbocycles. The second-order valence-corrected chi connectivity index (χ2v) is 8.65. The lowest BCUT2D eigenvalue weighted by Crippen LogP contribution is -2.50. The van der Waals surface area contributed by atoms with Crippen LogP contribution in [0.5, 0.6) is 5.75 Å². The van der Waals surface area contributed by atoms with Gasteiger partial charge in [-0.1, -0.05) is 35.9 Å². The zero-order valence-electron chi connectivity index (χ0n) is 16.9. The molecule has 0 spiro atoms. The number of rotatable bonds is 7. The molecule has 4 atom stereocenters. The zero-order chi connectivity index (χ0) is 22.0. The summed E-state index contributed by atoms with van der Waals surface area (Å²) < 4.78 is 30.1. The molecule has 3 N–H and O–H groups in total. The van der Waals surface area contributed by atoms with Gasteiger partial charge >= 0.3 is 0 Å². The minimum atomic E-state index is -1.40. The van der Waals surface area contributed by atoms with E-state index >= 15 is 0 Å². The van der Waals surface area contributed by atoms with Gasteiger partial charge in [-0.2, -0.15) is 0 Å². The maximum atomic E-state index is 14.0. The summed E-state index contributed by atoms with van der Waals surface area (Å²) >= 11 is 6.40. The van der Waals surface area contributed by atoms with Crippen LogP contribution in [0.4, 0.5) is 4.39 Å². The Morgan fingerprint density at radius 3 is 2.52 bits per heavy atom. The van der Waals surface area contributed by atoms with Gasteiger partial charge < -0.3 is 29.5 Å². The number of halogens is 2. The number of hydrogen-bond donors (Lipinski definition) is 3. The number of aliphatic hydroxyl groups excluding tert-OH is 3. The first-order valence-electron chi connectivity index (χ1n) is 10.3. The molecular formula is C23H26ClFO6.